The second-order valence-electron chi connectivity index (χ2n) is 7.64. The summed E-state index contributed by atoms with van der Waals surface area (Å²) < 4.78 is 16.3. The number of hydrogen-bond acceptors (Lipinski definition) is 6. The number of ether oxygens (including phenoxy) is 3. The molecule has 0 aromatic heterocycles. The van der Waals surface area contributed by atoms with Crippen LogP contribution >= 0.6 is 0 Å². The molecular weight excluding hydrogens is 360 g/mol. The van der Waals surface area contributed by atoms with Gasteiger partial charge in [-0.25, -0.2) is 0 Å². The number of fused-ring (bicyclic) bond motifs is 1. The highest BCUT2D eigenvalue weighted by Gasteiger charge is 2.43. The largest absolute Gasteiger partial charge is 0.466 e. The van der Waals surface area contributed by atoms with Gasteiger partial charge in [0.2, 0.25) is 12.7 Å². The molecule has 1 N–H and O–H groups in total. The SMILES string of the molecule is CCOC(=O)[C@H]1[C@H](CCN2CCCCC2=O)NC[C@@H]1c1ccc2c(c1)OCO2. The summed E-state index contributed by atoms with van der Waals surface area (Å²) in [5.74, 6) is 1.25. The molecule has 1 aromatic rings. The zero-order valence-electron chi connectivity index (χ0n) is 16.3. The number of esters is 1. The van der Waals surface area contributed by atoms with Crippen molar-refractivity contribution >= 4 is 11.9 Å². The van der Waals surface area contributed by atoms with E-state index in [0.29, 0.717) is 26.1 Å². The van der Waals surface area contributed by atoms with Crippen molar-refractivity contribution in [2.75, 3.05) is 33.0 Å². The summed E-state index contributed by atoms with van der Waals surface area (Å²) in [5, 5.41) is 3.51. The number of nitrogens with zero attached hydrogens (tertiary/aromatic N) is 1. The predicted octanol–water partition coefficient (Wildman–Crippen LogP) is 2.05. The summed E-state index contributed by atoms with van der Waals surface area (Å²) in [4.78, 5) is 26.8. The molecule has 28 heavy (non-hydrogen) atoms. The van der Waals surface area contributed by atoms with Gasteiger partial charge in [0.05, 0.1) is 12.5 Å². The molecule has 0 saturated carbocycles. The maximum Gasteiger partial charge on any atom is 0.311 e. The Bertz CT molecular complexity index is 738. The van der Waals surface area contributed by atoms with E-state index in [1.165, 1.54) is 0 Å². The van der Waals surface area contributed by atoms with Gasteiger partial charge in [0, 0.05) is 38.0 Å². The van der Waals surface area contributed by atoms with Crippen molar-refractivity contribution < 1.29 is 23.8 Å². The summed E-state index contributed by atoms with van der Waals surface area (Å²) in [6.07, 6.45) is 3.43. The molecular formula is C21H28N2O5. The molecule has 4 rings (SSSR count). The molecule has 0 radical (unpaired) electrons. The van der Waals surface area contributed by atoms with Crippen LogP contribution in [0.15, 0.2) is 18.2 Å². The average Bonchev–Trinajstić information content (AvgIpc) is 3.33. The second kappa shape index (κ2) is 8.39. The lowest BCUT2D eigenvalue weighted by Crippen LogP contribution is -2.41. The summed E-state index contributed by atoms with van der Waals surface area (Å²) in [6, 6.07) is 5.86. The quantitative estimate of drug-likeness (QED) is 0.752. The predicted molar refractivity (Wildman–Crippen MR) is 102 cm³/mol. The molecule has 0 bridgehead atoms. The molecule has 3 aliphatic rings. The van der Waals surface area contributed by atoms with Crippen LogP contribution in [0.2, 0.25) is 0 Å². The van der Waals surface area contributed by atoms with Gasteiger partial charge in [-0.1, -0.05) is 6.07 Å². The standard InChI is InChI=1S/C21H28N2O5/c1-2-26-21(25)20-15(14-6-7-17-18(11-14)28-13-27-17)12-22-16(20)8-10-23-9-4-3-5-19(23)24/h6-7,11,15-16,20,22H,2-5,8-10,12-13H2,1H3/t15-,16+,20-/m1/s1. The fourth-order valence-corrected chi connectivity index (χ4v) is 4.52. The van der Waals surface area contributed by atoms with Crippen molar-refractivity contribution in [1.29, 1.82) is 0 Å². The highest BCUT2D eigenvalue weighted by atomic mass is 16.7. The second-order valence-corrected chi connectivity index (χ2v) is 7.64. The lowest BCUT2D eigenvalue weighted by atomic mass is 9.84. The number of carbonyl (C=O) groups excluding carboxylic acids is 2. The Labute approximate surface area is 165 Å². The fourth-order valence-electron chi connectivity index (χ4n) is 4.52. The summed E-state index contributed by atoms with van der Waals surface area (Å²) in [5.41, 5.74) is 1.05. The Morgan fingerprint density at radius 1 is 1.29 bits per heavy atom. The van der Waals surface area contributed by atoms with Crippen LogP contribution in [0.1, 0.15) is 44.1 Å². The highest BCUT2D eigenvalue weighted by Crippen LogP contribution is 2.40. The first-order chi connectivity index (χ1) is 13.7. The normalized spacial score (nSPS) is 26.5. The molecule has 1 aromatic carbocycles. The van der Waals surface area contributed by atoms with Crippen LogP contribution in [0.3, 0.4) is 0 Å². The number of benzene rings is 1. The molecule has 7 nitrogen and oxygen atoms in total. The van der Waals surface area contributed by atoms with Crippen molar-refractivity contribution in [2.24, 2.45) is 5.92 Å². The molecule has 152 valence electrons. The molecule has 0 aliphatic carbocycles. The van der Waals surface area contributed by atoms with Gasteiger partial charge < -0.3 is 24.4 Å². The third kappa shape index (κ3) is 3.81. The zero-order chi connectivity index (χ0) is 19.5. The monoisotopic (exact) mass is 388 g/mol. The molecule has 3 atom stereocenters. The van der Waals surface area contributed by atoms with Crippen LogP contribution in [0.5, 0.6) is 11.5 Å². The van der Waals surface area contributed by atoms with E-state index >= 15 is 0 Å². The molecule has 1 amide bonds. The van der Waals surface area contributed by atoms with Crippen molar-refractivity contribution in [3.63, 3.8) is 0 Å². The zero-order valence-corrected chi connectivity index (χ0v) is 16.3. The Morgan fingerprint density at radius 2 is 2.14 bits per heavy atom. The number of nitrogens with one attached hydrogen (secondary N) is 1. The van der Waals surface area contributed by atoms with Crippen molar-refractivity contribution in [1.82, 2.24) is 10.2 Å². The highest BCUT2D eigenvalue weighted by molar-refractivity contribution is 5.77. The topological polar surface area (TPSA) is 77.1 Å². The first-order valence-corrected chi connectivity index (χ1v) is 10.2. The van der Waals surface area contributed by atoms with E-state index in [4.69, 9.17) is 14.2 Å². The maximum absolute atomic E-state index is 12.8. The molecule has 3 heterocycles. The molecule has 2 saturated heterocycles. The van der Waals surface area contributed by atoms with Gasteiger partial charge in [-0.05, 0) is 43.9 Å². The van der Waals surface area contributed by atoms with Gasteiger partial charge in [-0.3, -0.25) is 9.59 Å². The van der Waals surface area contributed by atoms with E-state index in [1.54, 1.807) is 0 Å². The number of likely N-dealkylation sites (tertiary alicyclic amines) is 1. The van der Waals surface area contributed by atoms with Crippen molar-refractivity contribution in [2.45, 2.75) is 44.6 Å². The fraction of sp³-hybridized carbons (Fsp3) is 0.619. The van der Waals surface area contributed by atoms with E-state index in [1.807, 2.05) is 30.0 Å². The van der Waals surface area contributed by atoms with E-state index < -0.39 is 0 Å². The van der Waals surface area contributed by atoms with Crippen molar-refractivity contribution in [3.05, 3.63) is 23.8 Å². The minimum Gasteiger partial charge on any atom is -0.466 e. The number of piperidine rings is 1. The smallest absolute Gasteiger partial charge is 0.311 e. The van der Waals surface area contributed by atoms with Crippen LogP contribution in [0.4, 0.5) is 0 Å². The number of carbonyl (C=O) groups is 2. The number of rotatable bonds is 6. The molecule has 0 spiro atoms. The third-order valence-electron chi connectivity index (χ3n) is 5.98. The van der Waals surface area contributed by atoms with E-state index in [-0.39, 0.29) is 36.5 Å². The van der Waals surface area contributed by atoms with E-state index in [2.05, 4.69) is 5.32 Å². The van der Waals surface area contributed by atoms with Gasteiger partial charge in [-0.2, -0.15) is 0 Å². The minimum atomic E-state index is -0.278. The Hall–Kier alpha value is -2.28. The van der Waals surface area contributed by atoms with Crippen LogP contribution < -0.4 is 14.8 Å². The van der Waals surface area contributed by atoms with Crippen LogP contribution in [-0.2, 0) is 14.3 Å². The van der Waals surface area contributed by atoms with Gasteiger partial charge in [-0.15, -0.1) is 0 Å². The van der Waals surface area contributed by atoms with Gasteiger partial charge in [0.25, 0.3) is 0 Å². The minimum absolute atomic E-state index is 0.00982. The first kappa shape index (κ1) is 19.1. The van der Waals surface area contributed by atoms with Crippen molar-refractivity contribution in [3.8, 4) is 11.5 Å². The molecule has 2 fully saturated rings. The summed E-state index contributed by atoms with van der Waals surface area (Å²) in [6.45, 7) is 4.62. The Morgan fingerprint density at radius 3 is 2.96 bits per heavy atom. The number of amides is 1. The molecule has 7 heteroatoms. The first-order valence-electron chi connectivity index (χ1n) is 10.2. The third-order valence-corrected chi connectivity index (χ3v) is 5.98. The molecule has 0 unspecified atom stereocenters. The number of hydrogen-bond donors (Lipinski definition) is 1. The van der Waals surface area contributed by atoms with Crippen LogP contribution in [0, 0.1) is 5.92 Å². The van der Waals surface area contributed by atoms with Crippen LogP contribution in [0.25, 0.3) is 0 Å². The molecule has 3 aliphatic heterocycles. The summed E-state index contributed by atoms with van der Waals surface area (Å²) in [7, 11) is 0. The van der Waals surface area contributed by atoms with Gasteiger partial charge in [0.15, 0.2) is 11.5 Å². The lowest BCUT2D eigenvalue weighted by Gasteiger charge is -2.29. The van der Waals surface area contributed by atoms with Gasteiger partial charge >= 0.3 is 5.97 Å². The van der Waals surface area contributed by atoms with E-state index in [0.717, 1.165) is 42.9 Å². The van der Waals surface area contributed by atoms with E-state index in [9.17, 15) is 9.59 Å². The lowest BCUT2D eigenvalue weighted by molar-refractivity contribution is -0.148. The summed E-state index contributed by atoms with van der Waals surface area (Å²) >= 11 is 0. The average molecular weight is 388 g/mol. The van der Waals surface area contributed by atoms with Gasteiger partial charge in [0.1, 0.15) is 0 Å². The Balaban J connectivity index is 1.49. The Kier molecular flexibility index (Phi) is 5.71. The van der Waals surface area contributed by atoms with Crippen LogP contribution in [-0.4, -0.2) is 55.9 Å². The maximum atomic E-state index is 12.8.